The maximum absolute atomic E-state index is 13.0. The van der Waals surface area contributed by atoms with Crippen molar-refractivity contribution in [1.82, 2.24) is 0 Å². The van der Waals surface area contributed by atoms with E-state index in [1.165, 1.54) is 6.07 Å². The van der Waals surface area contributed by atoms with Gasteiger partial charge in [0.2, 0.25) is 0 Å². The van der Waals surface area contributed by atoms with Crippen LogP contribution in [0, 0.1) is 5.82 Å². The topological polar surface area (TPSA) is 49.7 Å². The summed E-state index contributed by atoms with van der Waals surface area (Å²) in [7, 11) is -1.19. The molecular formula is C7H6BFO3. The lowest BCUT2D eigenvalue weighted by atomic mass is 9.79. The fourth-order valence-electron chi connectivity index (χ4n) is 1.31. The minimum Gasteiger partial charge on any atom is -0.508 e. The monoisotopic (exact) mass is 168 g/mol. The van der Waals surface area contributed by atoms with Gasteiger partial charge in [-0.1, -0.05) is 0 Å². The Labute approximate surface area is 68.6 Å². The van der Waals surface area contributed by atoms with Gasteiger partial charge in [0.25, 0.3) is 0 Å². The minimum atomic E-state index is -1.19. The maximum Gasteiger partial charge on any atom is 0.494 e. The van der Waals surface area contributed by atoms with Crippen LogP contribution >= 0.6 is 0 Å². The zero-order valence-corrected chi connectivity index (χ0v) is 6.12. The van der Waals surface area contributed by atoms with E-state index >= 15 is 0 Å². The molecule has 0 fully saturated rings. The first-order chi connectivity index (χ1) is 5.68. The molecular weight excluding hydrogens is 162 g/mol. The van der Waals surface area contributed by atoms with Crippen LogP contribution in [-0.2, 0) is 11.3 Å². The van der Waals surface area contributed by atoms with Gasteiger partial charge in [0.15, 0.2) is 0 Å². The lowest BCUT2D eigenvalue weighted by Gasteiger charge is -2.00. The molecule has 12 heavy (non-hydrogen) atoms. The Hall–Kier alpha value is -1.07. The van der Waals surface area contributed by atoms with Gasteiger partial charge in [-0.15, -0.1) is 0 Å². The van der Waals surface area contributed by atoms with Crippen molar-refractivity contribution in [3.05, 3.63) is 23.5 Å². The summed E-state index contributed by atoms with van der Waals surface area (Å²) in [6.07, 6.45) is 0. The summed E-state index contributed by atoms with van der Waals surface area (Å²) in [5, 5.41) is 18.1. The highest BCUT2D eigenvalue weighted by atomic mass is 19.1. The van der Waals surface area contributed by atoms with Gasteiger partial charge in [0.05, 0.1) is 6.61 Å². The molecule has 0 radical (unpaired) electrons. The van der Waals surface area contributed by atoms with Gasteiger partial charge >= 0.3 is 7.12 Å². The Morgan fingerprint density at radius 1 is 1.50 bits per heavy atom. The van der Waals surface area contributed by atoms with E-state index in [0.29, 0.717) is 5.56 Å². The Bertz CT molecular complexity index is 329. The van der Waals surface area contributed by atoms with Crippen molar-refractivity contribution in [1.29, 1.82) is 0 Å². The lowest BCUT2D eigenvalue weighted by Crippen LogP contribution is -2.30. The summed E-state index contributed by atoms with van der Waals surface area (Å²) in [6, 6.07) is 2.34. The fourth-order valence-corrected chi connectivity index (χ4v) is 1.31. The third kappa shape index (κ3) is 0.982. The standard InChI is InChI=1S/C7H6BFO3/c9-6-2-5(10)1-4-3-12-8(11)7(4)6/h1-2,10-11H,3H2. The molecule has 1 aromatic rings. The van der Waals surface area contributed by atoms with Gasteiger partial charge in [-0.3, -0.25) is 0 Å². The van der Waals surface area contributed by atoms with Crippen LogP contribution in [0.3, 0.4) is 0 Å². The van der Waals surface area contributed by atoms with Crippen molar-refractivity contribution in [2.24, 2.45) is 0 Å². The number of aromatic hydroxyl groups is 1. The second kappa shape index (κ2) is 2.47. The molecule has 2 rings (SSSR count). The normalized spacial score (nSPS) is 15.0. The van der Waals surface area contributed by atoms with E-state index in [-0.39, 0.29) is 17.8 Å². The molecule has 0 bridgehead atoms. The van der Waals surface area contributed by atoms with Gasteiger partial charge in [-0.2, -0.15) is 0 Å². The number of hydrogen-bond acceptors (Lipinski definition) is 3. The summed E-state index contributed by atoms with van der Waals surface area (Å²) < 4.78 is 17.8. The van der Waals surface area contributed by atoms with Gasteiger partial charge in [-0.05, 0) is 11.6 Å². The van der Waals surface area contributed by atoms with E-state index < -0.39 is 12.9 Å². The largest absolute Gasteiger partial charge is 0.508 e. The highest BCUT2D eigenvalue weighted by Gasteiger charge is 2.31. The third-order valence-electron chi connectivity index (χ3n) is 1.84. The summed E-state index contributed by atoms with van der Waals surface area (Å²) in [5.41, 5.74) is 0.632. The average Bonchev–Trinajstić information content (AvgIpc) is 2.31. The Morgan fingerprint density at radius 2 is 2.25 bits per heavy atom. The molecule has 0 saturated carbocycles. The van der Waals surface area contributed by atoms with Crippen molar-refractivity contribution >= 4 is 12.6 Å². The molecule has 0 aliphatic carbocycles. The van der Waals surface area contributed by atoms with E-state index in [2.05, 4.69) is 0 Å². The molecule has 0 atom stereocenters. The number of rotatable bonds is 0. The van der Waals surface area contributed by atoms with Crippen molar-refractivity contribution in [2.75, 3.05) is 0 Å². The molecule has 62 valence electrons. The highest BCUT2D eigenvalue weighted by molar-refractivity contribution is 6.61. The van der Waals surface area contributed by atoms with E-state index in [1.807, 2.05) is 0 Å². The first kappa shape index (κ1) is 7.58. The van der Waals surface area contributed by atoms with E-state index in [4.69, 9.17) is 14.8 Å². The SMILES string of the molecule is OB1OCc2cc(O)cc(F)c21. The molecule has 3 nitrogen and oxygen atoms in total. The molecule has 5 heteroatoms. The molecule has 0 unspecified atom stereocenters. The van der Waals surface area contributed by atoms with Gasteiger partial charge < -0.3 is 14.8 Å². The number of phenolic OH excluding ortho intramolecular Hbond substituents is 1. The molecule has 1 aliphatic heterocycles. The van der Waals surface area contributed by atoms with Crippen molar-refractivity contribution < 1.29 is 19.2 Å². The number of halogens is 1. The molecule has 1 heterocycles. The molecule has 0 aromatic heterocycles. The summed E-state index contributed by atoms with van der Waals surface area (Å²) in [4.78, 5) is 0. The highest BCUT2D eigenvalue weighted by Crippen LogP contribution is 2.18. The van der Waals surface area contributed by atoms with Crippen LogP contribution in [-0.4, -0.2) is 17.2 Å². The van der Waals surface area contributed by atoms with E-state index in [9.17, 15) is 4.39 Å². The first-order valence-corrected chi connectivity index (χ1v) is 3.49. The van der Waals surface area contributed by atoms with Gasteiger partial charge in [0.1, 0.15) is 11.6 Å². The van der Waals surface area contributed by atoms with Crippen molar-refractivity contribution in [3.63, 3.8) is 0 Å². The van der Waals surface area contributed by atoms with Crippen LogP contribution in [0.1, 0.15) is 5.56 Å². The number of fused-ring (bicyclic) bond motifs is 1. The van der Waals surface area contributed by atoms with E-state index in [0.717, 1.165) is 6.07 Å². The number of phenols is 1. The molecule has 1 aromatic carbocycles. The van der Waals surface area contributed by atoms with Crippen LogP contribution in [0.4, 0.5) is 4.39 Å². The molecule has 0 saturated heterocycles. The zero-order chi connectivity index (χ0) is 8.72. The van der Waals surface area contributed by atoms with Gasteiger partial charge in [-0.25, -0.2) is 4.39 Å². The molecule has 0 spiro atoms. The van der Waals surface area contributed by atoms with E-state index in [1.54, 1.807) is 0 Å². The third-order valence-corrected chi connectivity index (χ3v) is 1.84. The van der Waals surface area contributed by atoms with Crippen LogP contribution in [0.5, 0.6) is 5.75 Å². The van der Waals surface area contributed by atoms with Crippen molar-refractivity contribution in [2.45, 2.75) is 6.61 Å². The fraction of sp³-hybridized carbons (Fsp3) is 0.143. The Morgan fingerprint density at radius 3 is 3.00 bits per heavy atom. The maximum atomic E-state index is 13.0. The summed E-state index contributed by atoms with van der Waals surface area (Å²) >= 11 is 0. The first-order valence-electron chi connectivity index (χ1n) is 3.49. The van der Waals surface area contributed by atoms with Crippen LogP contribution in [0.15, 0.2) is 12.1 Å². The van der Waals surface area contributed by atoms with Crippen LogP contribution in [0.2, 0.25) is 0 Å². The van der Waals surface area contributed by atoms with Crippen LogP contribution < -0.4 is 5.46 Å². The smallest absolute Gasteiger partial charge is 0.494 e. The van der Waals surface area contributed by atoms with Gasteiger partial charge in [0, 0.05) is 11.5 Å². The summed E-state index contributed by atoms with van der Waals surface area (Å²) in [5.74, 6) is -0.779. The molecule has 0 amide bonds. The minimum absolute atomic E-state index is 0.132. The quantitative estimate of drug-likeness (QED) is 0.525. The Kier molecular flexibility index (Phi) is 1.56. The van der Waals surface area contributed by atoms with Crippen molar-refractivity contribution in [3.8, 4) is 5.75 Å². The number of benzene rings is 1. The second-order valence-electron chi connectivity index (χ2n) is 2.66. The van der Waals surface area contributed by atoms with Crippen LogP contribution in [0.25, 0.3) is 0 Å². The molecule has 1 aliphatic rings. The molecule has 2 N–H and O–H groups in total. The Balaban J connectivity index is 2.60. The predicted octanol–water partition coefficient (Wildman–Crippen LogP) is -0.251. The summed E-state index contributed by atoms with van der Waals surface area (Å²) in [6.45, 7) is 0.141. The second-order valence-corrected chi connectivity index (χ2v) is 2.66. The lowest BCUT2D eigenvalue weighted by molar-refractivity contribution is 0.275. The average molecular weight is 168 g/mol. The predicted molar refractivity (Wildman–Crippen MR) is 40.5 cm³/mol. The number of hydrogen-bond donors (Lipinski definition) is 2. The zero-order valence-electron chi connectivity index (χ0n) is 6.12.